The van der Waals surface area contributed by atoms with E-state index in [0.29, 0.717) is 0 Å². The van der Waals surface area contributed by atoms with Crippen LogP contribution in [0.3, 0.4) is 0 Å². The highest BCUT2D eigenvalue weighted by molar-refractivity contribution is 6.37. The molecule has 0 nitrogen and oxygen atoms in total. The molecule has 0 spiro atoms. The minimum absolute atomic E-state index is 0.246. The molecule has 0 bridgehead atoms. The van der Waals surface area contributed by atoms with Crippen LogP contribution in [0.25, 0.3) is 6.08 Å². The van der Waals surface area contributed by atoms with Gasteiger partial charge in [0, 0.05) is 20.5 Å². The maximum Gasteiger partial charge on any atom is 0.0271 e. The molecule has 1 aromatic rings. The van der Waals surface area contributed by atoms with Gasteiger partial charge in [-0.3, -0.25) is 0 Å². The Morgan fingerprint density at radius 1 is 1.09 bits per heavy atom. The third-order valence-electron chi connectivity index (χ3n) is 1.28. The van der Waals surface area contributed by atoms with Gasteiger partial charge in [0.25, 0.3) is 0 Å². The van der Waals surface area contributed by atoms with Crippen LogP contribution in [0.5, 0.6) is 0 Å². The molecule has 0 saturated carbocycles. The molecule has 0 fully saturated rings. The molecule has 0 unspecified atom stereocenters. The van der Waals surface area contributed by atoms with Crippen LogP contribution < -0.4 is 0 Å². The van der Waals surface area contributed by atoms with Crippen molar-refractivity contribution in [1.82, 2.24) is 0 Å². The SMILES string of the molecule is [Si]C([Si])C=Cc1ccccc1. The molecule has 6 radical (unpaired) electrons. The lowest BCUT2D eigenvalue weighted by atomic mass is 10.2. The van der Waals surface area contributed by atoms with Gasteiger partial charge < -0.3 is 0 Å². The summed E-state index contributed by atoms with van der Waals surface area (Å²) in [4.78, 5) is 0. The van der Waals surface area contributed by atoms with Crippen LogP contribution in [0.1, 0.15) is 5.56 Å². The van der Waals surface area contributed by atoms with Crippen molar-refractivity contribution in [3.8, 4) is 0 Å². The van der Waals surface area contributed by atoms with Crippen LogP contribution in [0.4, 0.5) is 0 Å². The summed E-state index contributed by atoms with van der Waals surface area (Å²) < 4.78 is 0. The zero-order chi connectivity index (χ0) is 8.10. The molecule has 52 valence electrons. The van der Waals surface area contributed by atoms with Gasteiger partial charge in [-0.1, -0.05) is 42.5 Å². The number of hydrogen-bond donors (Lipinski definition) is 0. The second-order valence-corrected chi connectivity index (χ2v) is 4.07. The van der Waals surface area contributed by atoms with Crippen molar-refractivity contribution in [2.45, 2.75) is 5.16 Å². The summed E-state index contributed by atoms with van der Waals surface area (Å²) >= 11 is 0. The first-order valence-corrected chi connectivity index (χ1v) is 4.60. The van der Waals surface area contributed by atoms with Crippen LogP contribution in [0, 0.1) is 0 Å². The Labute approximate surface area is 74.2 Å². The molecule has 0 aliphatic rings. The Morgan fingerprint density at radius 3 is 2.27 bits per heavy atom. The Bertz CT molecular complexity index is 227. The lowest BCUT2D eigenvalue weighted by Gasteiger charge is -1.93. The van der Waals surface area contributed by atoms with Crippen molar-refractivity contribution in [3.05, 3.63) is 42.0 Å². The molecule has 1 rings (SSSR count). The van der Waals surface area contributed by atoms with Gasteiger partial charge in [0.2, 0.25) is 0 Å². The van der Waals surface area contributed by atoms with E-state index < -0.39 is 0 Å². The average Bonchev–Trinajstić information content (AvgIpc) is 2.03. The molecular formula is C9H8Si2. The molecule has 0 heterocycles. The summed E-state index contributed by atoms with van der Waals surface area (Å²) in [5.41, 5.74) is 1.22. The predicted molar refractivity (Wildman–Crippen MR) is 50.7 cm³/mol. The fraction of sp³-hybridized carbons (Fsp3) is 0.111. The fourth-order valence-electron chi connectivity index (χ4n) is 0.771. The molecular weight excluding hydrogens is 164 g/mol. The summed E-state index contributed by atoms with van der Waals surface area (Å²) in [5, 5.41) is 0.246. The smallest absolute Gasteiger partial charge is 0.0271 e. The van der Waals surface area contributed by atoms with Crippen LogP contribution in [0.2, 0.25) is 5.16 Å². The van der Waals surface area contributed by atoms with Gasteiger partial charge >= 0.3 is 0 Å². The van der Waals surface area contributed by atoms with E-state index in [4.69, 9.17) is 0 Å². The Balaban J connectivity index is 2.65. The highest BCUT2D eigenvalue weighted by Gasteiger charge is 1.85. The number of hydrogen-bond acceptors (Lipinski definition) is 0. The molecule has 0 saturated heterocycles. The summed E-state index contributed by atoms with van der Waals surface area (Å²) in [6.07, 6.45) is 4.09. The minimum Gasteiger partial charge on any atom is -0.0876 e. The van der Waals surface area contributed by atoms with Gasteiger partial charge in [-0.25, -0.2) is 0 Å². The molecule has 1 aromatic carbocycles. The van der Waals surface area contributed by atoms with Gasteiger partial charge in [0.15, 0.2) is 0 Å². The first-order chi connectivity index (χ1) is 5.29. The predicted octanol–water partition coefficient (Wildman–Crippen LogP) is 1.78. The number of rotatable bonds is 2. The monoisotopic (exact) mass is 172 g/mol. The van der Waals surface area contributed by atoms with E-state index >= 15 is 0 Å². The lowest BCUT2D eigenvalue weighted by molar-refractivity contribution is 1.58. The highest BCUT2D eigenvalue weighted by atomic mass is 28.2. The van der Waals surface area contributed by atoms with E-state index in [1.54, 1.807) is 0 Å². The molecule has 0 aliphatic heterocycles. The van der Waals surface area contributed by atoms with Crippen LogP contribution in [0.15, 0.2) is 36.4 Å². The van der Waals surface area contributed by atoms with Gasteiger partial charge in [0.05, 0.1) is 0 Å². The zero-order valence-corrected chi connectivity index (χ0v) is 8.12. The van der Waals surface area contributed by atoms with E-state index in [1.807, 2.05) is 24.3 Å². The first kappa shape index (κ1) is 8.49. The van der Waals surface area contributed by atoms with Crippen LogP contribution in [-0.4, -0.2) is 20.5 Å². The largest absolute Gasteiger partial charge is 0.0876 e. The third kappa shape index (κ3) is 3.34. The summed E-state index contributed by atoms with van der Waals surface area (Å²) in [6.45, 7) is 0. The first-order valence-electron chi connectivity index (χ1n) is 3.44. The van der Waals surface area contributed by atoms with Gasteiger partial charge in [-0.05, 0) is 10.7 Å². The minimum atomic E-state index is 0.246. The third-order valence-corrected chi connectivity index (χ3v) is 1.67. The second kappa shape index (κ2) is 4.31. The molecule has 0 amide bonds. The van der Waals surface area contributed by atoms with E-state index in [0.717, 1.165) is 0 Å². The average molecular weight is 172 g/mol. The molecule has 11 heavy (non-hydrogen) atoms. The Morgan fingerprint density at radius 2 is 1.73 bits per heavy atom. The molecule has 0 aliphatic carbocycles. The lowest BCUT2D eigenvalue weighted by Crippen LogP contribution is -1.82. The Kier molecular flexibility index (Phi) is 3.33. The second-order valence-electron chi connectivity index (χ2n) is 2.25. The fourth-order valence-corrected chi connectivity index (χ4v) is 0.964. The van der Waals surface area contributed by atoms with Gasteiger partial charge in [-0.15, -0.1) is 0 Å². The summed E-state index contributed by atoms with van der Waals surface area (Å²) in [7, 11) is 6.81. The maximum atomic E-state index is 3.41. The molecule has 0 N–H and O–H groups in total. The highest BCUT2D eigenvalue weighted by Crippen LogP contribution is 2.03. The number of allylic oxidation sites excluding steroid dienone is 1. The summed E-state index contributed by atoms with van der Waals surface area (Å²) in [5.74, 6) is 0. The Hall–Kier alpha value is -0.606. The number of benzene rings is 1. The van der Waals surface area contributed by atoms with Gasteiger partial charge in [-0.2, -0.15) is 0 Å². The standard InChI is InChI=1S/C9H8Si2/c10-9(11)7-6-8-4-2-1-3-5-8/h1-7,9H. The van der Waals surface area contributed by atoms with Crippen LogP contribution in [-0.2, 0) is 0 Å². The van der Waals surface area contributed by atoms with Gasteiger partial charge in [0.1, 0.15) is 0 Å². The summed E-state index contributed by atoms with van der Waals surface area (Å²) in [6, 6.07) is 10.2. The van der Waals surface area contributed by atoms with Crippen molar-refractivity contribution < 1.29 is 0 Å². The topological polar surface area (TPSA) is 0 Å². The normalized spacial score (nSPS) is 11.2. The van der Waals surface area contributed by atoms with Crippen molar-refractivity contribution in [1.29, 1.82) is 0 Å². The van der Waals surface area contributed by atoms with Crippen molar-refractivity contribution in [2.75, 3.05) is 0 Å². The van der Waals surface area contributed by atoms with Crippen LogP contribution >= 0.6 is 0 Å². The molecule has 0 atom stereocenters. The van der Waals surface area contributed by atoms with Crippen molar-refractivity contribution in [3.63, 3.8) is 0 Å². The molecule has 2 heteroatoms. The quantitative estimate of drug-likeness (QED) is 0.597. The van der Waals surface area contributed by atoms with E-state index in [-0.39, 0.29) is 5.16 Å². The van der Waals surface area contributed by atoms with E-state index in [2.05, 4.69) is 38.7 Å². The van der Waals surface area contributed by atoms with E-state index in [1.165, 1.54) is 5.56 Å². The van der Waals surface area contributed by atoms with E-state index in [9.17, 15) is 0 Å². The van der Waals surface area contributed by atoms with Crippen molar-refractivity contribution in [2.24, 2.45) is 0 Å². The maximum absolute atomic E-state index is 3.41. The van der Waals surface area contributed by atoms with Crippen molar-refractivity contribution >= 4 is 26.6 Å². The molecule has 0 aromatic heterocycles. The zero-order valence-electron chi connectivity index (χ0n) is 6.12.